The third-order valence-corrected chi connectivity index (χ3v) is 11.3. The number of carbonyl (C=O) groups is 1. The van der Waals surface area contributed by atoms with Crippen molar-refractivity contribution >= 4 is 47.5 Å². The Labute approximate surface area is 231 Å². The molecule has 3 aromatic carbocycles. The van der Waals surface area contributed by atoms with Gasteiger partial charge in [-0.15, -0.1) is 0 Å². The van der Waals surface area contributed by atoms with E-state index in [1.807, 2.05) is 54.1 Å². The van der Waals surface area contributed by atoms with Crippen LogP contribution in [0.2, 0.25) is 0 Å². The van der Waals surface area contributed by atoms with Crippen LogP contribution in [-0.4, -0.2) is 49.3 Å². The average molecular weight is 573 g/mol. The topological polar surface area (TPSA) is 57.6 Å². The molecule has 206 valence electrons. The first-order valence-electron chi connectivity index (χ1n) is 13.0. The Morgan fingerprint density at radius 1 is 0.974 bits per heavy atom. The zero-order chi connectivity index (χ0) is 27.6. The van der Waals surface area contributed by atoms with Gasteiger partial charge in [-0.25, -0.2) is 18.9 Å². The number of fused-ring (bicyclic) bond motifs is 2. The van der Waals surface area contributed by atoms with E-state index in [4.69, 9.17) is 14.2 Å². The summed E-state index contributed by atoms with van der Waals surface area (Å²) < 4.78 is 47.3. The number of carbonyl (C=O) groups excluding carboxylic acids is 1. The van der Waals surface area contributed by atoms with E-state index >= 15 is 0 Å². The smallest absolute Gasteiger partial charge is 0.334 e. The van der Waals surface area contributed by atoms with Crippen molar-refractivity contribution in [2.45, 2.75) is 31.4 Å². The molecule has 39 heavy (non-hydrogen) atoms. The molecule has 11 heteroatoms. The van der Waals surface area contributed by atoms with E-state index in [1.54, 1.807) is 29.2 Å². The van der Waals surface area contributed by atoms with Gasteiger partial charge in [0.2, 0.25) is 0 Å². The van der Waals surface area contributed by atoms with Crippen LogP contribution in [0.3, 0.4) is 0 Å². The average Bonchev–Trinajstić information content (AvgIpc) is 2.94. The second kappa shape index (κ2) is 11.6. The molecule has 0 aliphatic carbocycles. The highest BCUT2D eigenvalue weighted by atomic mass is 32.2. The van der Waals surface area contributed by atoms with Crippen LogP contribution in [0.5, 0.6) is 11.5 Å². The third-order valence-electron chi connectivity index (χ3n) is 6.70. The fourth-order valence-corrected chi connectivity index (χ4v) is 9.45. The van der Waals surface area contributed by atoms with Crippen LogP contribution >= 0.6 is 19.1 Å². The van der Waals surface area contributed by atoms with Gasteiger partial charge in [0.15, 0.2) is 18.9 Å². The maximum absolute atomic E-state index is 14.4. The van der Waals surface area contributed by atoms with E-state index < -0.39 is 13.1 Å². The summed E-state index contributed by atoms with van der Waals surface area (Å²) >= 11 is 0.495. The second-order valence-electron chi connectivity index (χ2n) is 8.84. The second-order valence-corrected chi connectivity index (χ2v) is 12.7. The number of ether oxygens (including phenoxy) is 2. The molecule has 0 spiro atoms. The lowest BCUT2D eigenvalue weighted by Gasteiger charge is -2.49. The molecular formula is C28H31F2N4O3PS. The molecule has 0 aromatic heterocycles. The molecule has 0 saturated heterocycles. The van der Waals surface area contributed by atoms with Crippen LogP contribution in [-0.2, 0) is 0 Å². The number of anilines is 2. The normalized spacial score (nSPS) is 18.5. The lowest BCUT2D eigenvalue weighted by Crippen LogP contribution is -2.53. The van der Waals surface area contributed by atoms with E-state index in [-0.39, 0.29) is 6.03 Å². The first-order chi connectivity index (χ1) is 18.9. The highest BCUT2D eigenvalue weighted by Gasteiger charge is 2.48. The predicted molar refractivity (Wildman–Crippen MR) is 155 cm³/mol. The molecule has 0 bridgehead atoms. The van der Waals surface area contributed by atoms with Gasteiger partial charge in [-0.3, -0.25) is 4.90 Å². The molecule has 0 radical (unpaired) electrons. The van der Waals surface area contributed by atoms with Crippen molar-refractivity contribution in [2.75, 3.05) is 42.4 Å². The lowest BCUT2D eigenvalue weighted by atomic mass is 10.2. The number of para-hydroxylation sites is 1. The number of rotatable bonds is 8. The molecule has 2 amide bonds. The first-order valence-corrected chi connectivity index (χ1v) is 15.5. The zero-order valence-corrected chi connectivity index (χ0v) is 23.8. The van der Waals surface area contributed by atoms with E-state index in [0.717, 1.165) is 16.7 Å². The van der Waals surface area contributed by atoms with Gasteiger partial charge in [-0.2, -0.15) is 8.78 Å². The predicted octanol–water partition coefficient (Wildman–Crippen LogP) is 7.57. The highest BCUT2D eigenvalue weighted by molar-refractivity contribution is 7.99. The van der Waals surface area contributed by atoms with Gasteiger partial charge < -0.3 is 9.47 Å². The van der Waals surface area contributed by atoms with Gasteiger partial charge in [0, 0.05) is 30.6 Å². The van der Waals surface area contributed by atoms with E-state index in [9.17, 15) is 13.6 Å². The number of nitrogens with zero attached hydrogens (tertiary/aromatic N) is 4. The van der Waals surface area contributed by atoms with Gasteiger partial charge in [0.25, 0.3) is 5.76 Å². The first kappa shape index (κ1) is 27.5. The number of alkyl halides is 2. The maximum Gasteiger partial charge on any atom is 0.334 e. The Hall–Kier alpha value is -3.07. The van der Waals surface area contributed by atoms with Gasteiger partial charge in [0.1, 0.15) is 13.2 Å². The molecule has 1 atom stereocenters. The fraction of sp³-hybridized carbons (Fsp3) is 0.321. The van der Waals surface area contributed by atoms with E-state index in [2.05, 4.69) is 18.5 Å². The summed E-state index contributed by atoms with van der Waals surface area (Å²) in [5.41, 5.74) is 2.08. The summed E-state index contributed by atoms with van der Waals surface area (Å²) in [5, 5.41) is 0.881. The molecule has 2 aliphatic rings. The largest absolute Gasteiger partial charge is 0.486 e. The minimum atomic E-state index is -3.03. The Bertz CT molecular complexity index is 1390. The number of thioether (sulfide) groups is 1. The summed E-state index contributed by atoms with van der Waals surface area (Å²) in [6.45, 7) is 8.63. The van der Waals surface area contributed by atoms with Crippen LogP contribution in [0.25, 0.3) is 0 Å². The molecule has 0 saturated carbocycles. The summed E-state index contributed by atoms with van der Waals surface area (Å²) in [4.78, 5) is 16.6. The number of halogens is 2. The minimum absolute atomic E-state index is 0.179. The molecule has 0 fully saturated rings. The number of benzene rings is 3. The SMILES string of the molecule is CCN1C(=O)N(c2ccccc2)P(=Nc2ccc(SC(F)F)cc2)(N(CC)CC)c2cc3c(cc21)OCCO3. The standard InChI is InChI=1S/C28H31F2N4O3PS/c1-4-32(5-2)38(31-20-12-14-22(15-13-20)39-27(29)30)26-19-25-24(36-16-17-37-25)18-23(26)33(6-3)28(35)34(38)21-10-8-7-9-11-21/h7-15,18-19,27H,4-6,16-17H2,1-3H3. The minimum Gasteiger partial charge on any atom is -0.486 e. The number of amides is 2. The Morgan fingerprint density at radius 3 is 2.21 bits per heavy atom. The van der Waals surface area contributed by atoms with Gasteiger partial charge >= 0.3 is 6.03 Å². The fourth-order valence-electron chi connectivity index (χ4n) is 5.03. The number of hydrogen-bond acceptors (Lipinski definition) is 5. The van der Waals surface area contributed by atoms with Crippen molar-refractivity contribution in [2.24, 2.45) is 4.74 Å². The molecular weight excluding hydrogens is 541 g/mol. The summed E-state index contributed by atoms with van der Waals surface area (Å²) in [6, 6.07) is 20.1. The summed E-state index contributed by atoms with van der Waals surface area (Å²) in [5.74, 6) is -1.29. The Morgan fingerprint density at radius 2 is 1.62 bits per heavy atom. The Kier molecular flexibility index (Phi) is 8.16. The van der Waals surface area contributed by atoms with Crippen LogP contribution in [0.15, 0.2) is 76.4 Å². The quantitative estimate of drug-likeness (QED) is 0.206. The summed E-state index contributed by atoms with van der Waals surface area (Å²) in [6.07, 6.45) is 0. The van der Waals surface area contributed by atoms with Crippen molar-refractivity contribution < 1.29 is 23.0 Å². The van der Waals surface area contributed by atoms with Gasteiger partial charge in [-0.1, -0.05) is 43.8 Å². The van der Waals surface area contributed by atoms with Crippen molar-refractivity contribution in [3.63, 3.8) is 0 Å². The highest BCUT2D eigenvalue weighted by Crippen LogP contribution is 2.63. The van der Waals surface area contributed by atoms with Gasteiger partial charge in [0.05, 0.1) is 22.4 Å². The van der Waals surface area contributed by atoms with Crippen LogP contribution in [0.4, 0.5) is 30.6 Å². The molecule has 5 rings (SSSR count). The van der Waals surface area contributed by atoms with Crippen molar-refractivity contribution in [3.05, 3.63) is 66.7 Å². The number of hydrogen-bond donors (Lipinski definition) is 0. The van der Waals surface area contributed by atoms with Gasteiger partial charge in [-0.05, 0) is 49.4 Å². The third kappa shape index (κ3) is 5.01. The van der Waals surface area contributed by atoms with Crippen molar-refractivity contribution in [1.82, 2.24) is 4.67 Å². The van der Waals surface area contributed by atoms with Crippen molar-refractivity contribution in [3.8, 4) is 11.5 Å². The van der Waals surface area contributed by atoms with Crippen LogP contribution < -0.4 is 24.3 Å². The van der Waals surface area contributed by atoms with Crippen LogP contribution in [0.1, 0.15) is 20.8 Å². The molecule has 7 nitrogen and oxygen atoms in total. The zero-order valence-electron chi connectivity index (χ0n) is 22.1. The summed E-state index contributed by atoms with van der Waals surface area (Å²) in [7, 11) is -3.03. The molecule has 0 N–H and O–H groups in total. The molecule has 2 aliphatic heterocycles. The number of urea groups is 1. The molecule has 2 heterocycles. The molecule has 3 aromatic rings. The van der Waals surface area contributed by atoms with E-state index in [1.165, 1.54) is 0 Å². The lowest BCUT2D eigenvalue weighted by molar-refractivity contribution is 0.172. The maximum atomic E-state index is 14.4. The molecule has 1 unspecified atom stereocenters. The van der Waals surface area contributed by atoms with Crippen LogP contribution in [0, 0.1) is 0 Å². The van der Waals surface area contributed by atoms with E-state index in [0.29, 0.717) is 66.7 Å². The van der Waals surface area contributed by atoms with Crippen molar-refractivity contribution in [1.29, 1.82) is 0 Å². The Balaban J connectivity index is 1.86. The monoisotopic (exact) mass is 572 g/mol.